The third-order valence-corrected chi connectivity index (χ3v) is 4.31. The van der Waals surface area contributed by atoms with Gasteiger partial charge in [-0.1, -0.05) is 32.9 Å². The minimum Gasteiger partial charge on any atom is -0.353 e. The summed E-state index contributed by atoms with van der Waals surface area (Å²) in [6.45, 7) is 8.45. The van der Waals surface area contributed by atoms with Crippen molar-refractivity contribution in [2.24, 2.45) is 5.92 Å². The molecule has 1 fully saturated rings. The van der Waals surface area contributed by atoms with E-state index >= 15 is 0 Å². The molecule has 0 radical (unpaired) electrons. The molecule has 0 bridgehead atoms. The van der Waals surface area contributed by atoms with E-state index in [9.17, 15) is 4.79 Å². The van der Waals surface area contributed by atoms with E-state index in [2.05, 4.69) is 43.2 Å². The fourth-order valence-electron chi connectivity index (χ4n) is 2.77. The summed E-state index contributed by atoms with van der Waals surface area (Å²) in [5, 5.41) is 7.15. The zero-order chi connectivity index (χ0) is 16.2. The van der Waals surface area contributed by atoms with Gasteiger partial charge in [-0.3, -0.25) is 4.79 Å². The van der Waals surface area contributed by atoms with Crippen LogP contribution in [0, 0.1) is 5.92 Å². The van der Waals surface area contributed by atoms with Crippen molar-refractivity contribution >= 4 is 5.91 Å². The van der Waals surface area contributed by atoms with Gasteiger partial charge in [0, 0.05) is 24.3 Å². The Morgan fingerprint density at radius 2 is 1.95 bits per heavy atom. The molecule has 124 valence electrons. The van der Waals surface area contributed by atoms with E-state index in [0.717, 1.165) is 31.0 Å². The number of amides is 1. The van der Waals surface area contributed by atoms with Crippen LogP contribution in [0.3, 0.4) is 0 Å². The number of aryl methyl sites for hydroxylation is 1. The zero-order valence-corrected chi connectivity index (χ0v) is 14.3. The molecule has 0 spiro atoms. The highest BCUT2D eigenvalue weighted by Crippen LogP contribution is 2.23. The number of carbonyl (C=O) groups excluding carboxylic acids is 1. The summed E-state index contributed by atoms with van der Waals surface area (Å²) in [7, 11) is 0. The molecule has 0 unspecified atom stereocenters. The van der Waals surface area contributed by atoms with Gasteiger partial charge in [0.15, 0.2) is 5.82 Å². The highest BCUT2D eigenvalue weighted by atomic mass is 16.5. The molecule has 1 aromatic rings. The van der Waals surface area contributed by atoms with Gasteiger partial charge in [0.2, 0.25) is 11.8 Å². The monoisotopic (exact) mass is 307 g/mol. The van der Waals surface area contributed by atoms with Crippen LogP contribution in [0.2, 0.25) is 0 Å². The lowest BCUT2D eigenvalue weighted by atomic mass is 9.87. The van der Waals surface area contributed by atoms with Gasteiger partial charge >= 0.3 is 0 Å². The minimum atomic E-state index is -0.1000. The van der Waals surface area contributed by atoms with E-state index in [4.69, 9.17) is 4.52 Å². The van der Waals surface area contributed by atoms with Crippen molar-refractivity contribution in [2.45, 2.75) is 84.1 Å². The van der Waals surface area contributed by atoms with Gasteiger partial charge < -0.3 is 9.84 Å². The molecule has 1 amide bonds. The molecule has 1 aromatic heterocycles. The number of aromatic nitrogens is 2. The van der Waals surface area contributed by atoms with Crippen LogP contribution in [-0.4, -0.2) is 22.1 Å². The Hall–Kier alpha value is -1.39. The van der Waals surface area contributed by atoms with E-state index < -0.39 is 0 Å². The maximum atomic E-state index is 12.0. The SMILES string of the molecule is CC1CCC(NC(=O)CCCc2nc(C(C)(C)C)no2)CC1. The Balaban J connectivity index is 1.67. The lowest BCUT2D eigenvalue weighted by Crippen LogP contribution is -2.37. The van der Waals surface area contributed by atoms with Crippen molar-refractivity contribution in [2.75, 3.05) is 0 Å². The molecule has 1 N–H and O–H groups in total. The lowest BCUT2D eigenvalue weighted by Gasteiger charge is -2.26. The number of rotatable bonds is 5. The Kier molecular flexibility index (Phi) is 5.59. The quantitative estimate of drug-likeness (QED) is 0.905. The number of nitrogens with one attached hydrogen (secondary N) is 1. The van der Waals surface area contributed by atoms with Crippen LogP contribution in [0.5, 0.6) is 0 Å². The van der Waals surface area contributed by atoms with Crippen LogP contribution >= 0.6 is 0 Å². The summed E-state index contributed by atoms with van der Waals surface area (Å²) in [6.07, 6.45) is 6.63. The van der Waals surface area contributed by atoms with Gasteiger partial charge in [-0.05, 0) is 38.0 Å². The van der Waals surface area contributed by atoms with Gasteiger partial charge in [0.25, 0.3) is 0 Å². The summed E-state index contributed by atoms with van der Waals surface area (Å²) in [5.74, 6) is 2.31. The average molecular weight is 307 g/mol. The van der Waals surface area contributed by atoms with Crippen LogP contribution < -0.4 is 5.32 Å². The van der Waals surface area contributed by atoms with Crippen molar-refractivity contribution in [1.29, 1.82) is 0 Å². The largest absolute Gasteiger partial charge is 0.353 e. The second-order valence-corrected chi connectivity index (χ2v) is 7.64. The van der Waals surface area contributed by atoms with Crippen LogP contribution in [-0.2, 0) is 16.6 Å². The van der Waals surface area contributed by atoms with Gasteiger partial charge in [-0.2, -0.15) is 4.98 Å². The van der Waals surface area contributed by atoms with Crippen LogP contribution in [0.1, 0.15) is 77.9 Å². The number of hydrogen-bond acceptors (Lipinski definition) is 4. The van der Waals surface area contributed by atoms with Crippen molar-refractivity contribution in [3.63, 3.8) is 0 Å². The van der Waals surface area contributed by atoms with E-state index in [1.54, 1.807) is 0 Å². The highest BCUT2D eigenvalue weighted by molar-refractivity contribution is 5.76. The Morgan fingerprint density at radius 1 is 1.27 bits per heavy atom. The molecule has 2 rings (SSSR count). The molecule has 0 atom stereocenters. The predicted octanol–water partition coefficient (Wildman–Crippen LogP) is 3.38. The fourth-order valence-corrected chi connectivity index (χ4v) is 2.77. The summed E-state index contributed by atoms with van der Waals surface area (Å²) in [5.41, 5.74) is -0.1000. The molecule has 5 nitrogen and oxygen atoms in total. The van der Waals surface area contributed by atoms with Gasteiger partial charge in [0.05, 0.1) is 0 Å². The first-order chi connectivity index (χ1) is 10.3. The zero-order valence-electron chi connectivity index (χ0n) is 14.3. The van der Waals surface area contributed by atoms with Crippen molar-refractivity contribution in [3.8, 4) is 0 Å². The van der Waals surface area contributed by atoms with Crippen LogP contribution in [0.15, 0.2) is 4.52 Å². The number of carbonyl (C=O) groups is 1. The minimum absolute atomic E-state index is 0.1000. The fraction of sp³-hybridized carbons (Fsp3) is 0.824. The molecule has 1 heterocycles. The summed E-state index contributed by atoms with van der Waals surface area (Å²) < 4.78 is 5.24. The van der Waals surface area contributed by atoms with E-state index in [1.165, 1.54) is 12.8 Å². The maximum Gasteiger partial charge on any atom is 0.226 e. The Labute approximate surface area is 133 Å². The van der Waals surface area contributed by atoms with Crippen molar-refractivity contribution in [3.05, 3.63) is 11.7 Å². The summed E-state index contributed by atoms with van der Waals surface area (Å²) >= 11 is 0. The van der Waals surface area contributed by atoms with Gasteiger partial charge in [-0.15, -0.1) is 0 Å². The molecular weight excluding hydrogens is 278 g/mol. The molecule has 5 heteroatoms. The lowest BCUT2D eigenvalue weighted by molar-refractivity contribution is -0.122. The molecule has 1 saturated carbocycles. The number of hydrogen-bond donors (Lipinski definition) is 1. The first-order valence-corrected chi connectivity index (χ1v) is 8.47. The van der Waals surface area contributed by atoms with E-state index in [-0.39, 0.29) is 11.3 Å². The maximum absolute atomic E-state index is 12.0. The molecule has 22 heavy (non-hydrogen) atoms. The molecule has 1 aliphatic rings. The van der Waals surface area contributed by atoms with E-state index in [1.807, 2.05) is 0 Å². The second-order valence-electron chi connectivity index (χ2n) is 7.64. The van der Waals surface area contributed by atoms with Crippen molar-refractivity contribution < 1.29 is 9.32 Å². The first kappa shape index (κ1) is 17.0. The third kappa shape index (κ3) is 5.11. The van der Waals surface area contributed by atoms with E-state index in [0.29, 0.717) is 24.8 Å². The predicted molar refractivity (Wildman–Crippen MR) is 85.5 cm³/mol. The number of nitrogens with zero attached hydrogens (tertiary/aromatic N) is 2. The van der Waals surface area contributed by atoms with Crippen LogP contribution in [0.25, 0.3) is 0 Å². The van der Waals surface area contributed by atoms with Gasteiger partial charge in [-0.25, -0.2) is 0 Å². The molecule has 1 aliphatic carbocycles. The van der Waals surface area contributed by atoms with Crippen molar-refractivity contribution in [1.82, 2.24) is 15.5 Å². The van der Waals surface area contributed by atoms with Gasteiger partial charge in [0.1, 0.15) is 0 Å². The second kappa shape index (κ2) is 7.25. The highest BCUT2D eigenvalue weighted by Gasteiger charge is 2.21. The molecule has 0 aromatic carbocycles. The Bertz CT molecular complexity index is 482. The normalized spacial score (nSPS) is 22.5. The molecule has 0 saturated heterocycles. The molecular formula is C17H29N3O2. The summed E-state index contributed by atoms with van der Waals surface area (Å²) in [4.78, 5) is 16.4. The summed E-state index contributed by atoms with van der Waals surface area (Å²) in [6, 6.07) is 0.375. The molecule has 0 aliphatic heterocycles. The topological polar surface area (TPSA) is 68.0 Å². The smallest absolute Gasteiger partial charge is 0.226 e. The average Bonchev–Trinajstić information content (AvgIpc) is 2.90. The third-order valence-electron chi connectivity index (χ3n) is 4.31. The standard InChI is InChI=1S/C17H29N3O2/c1-12-8-10-13(11-9-12)18-14(21)6-5-7-15-19-16(20-22-15)17(2,3)4/h12-13H,5-11H2,1-4H3,(H,18,21). The van der Waals surface area contributed by atoms with Crippen LogP contribution in [0.4, 0.5) is 0 Å². The first-order valence-electron chi connectivity index (χ1n) is 8.47. The Morgan fingerprint density at radius 3 is 2.55 bits per heavy atom.